The van der Waals surface area contributed by atoms with Gasteiger partial charge >= 0.3 is 0 Å². The average molecular weight is 393 g/mol. The monoisotopic (exact) mass is 393 g/mol. The summed E-state index contributed by atoms with van der Waals surface area (Å²) in [6, 6.07) is 18.2. The van der Waals surface area contributed by atoms with Gasteiger partial charge in [0.15, 0.2) is 17.3 Å². The van der Waals surface area contributed by atoms with Crippen LogP contribution >= 0.6 is 0 Å². The Kier molecular flexibility index (Phi) is 6.24. The Bertz CT molecular complexity index is 1030. The number of ketones is 1. The van der Waals surface area contributed by atoms with Crippen LogP contribution in [0.25, 0.3) is 0 Å². The highest BCUT2D eigenvalue weighted by Crippen LogP contribution is 2.34. The highest BCUT2D eigenvalue weighted by atomic mass is 19.1. The fourth-order valence-corrected chi connectivity index (χ4v) is 2.80. The highest BCUT2D eigenvalue weighted by molar-refractivity contribution is 6.09. The second-order valence-electron chi connectivity index (χ2n) is 6.31. The molecule has 0 saturated heterocycles. The summed E-state index contributed by atoms with van der Waals surface area (Å²) in [6.07, 6.45) is 0. The molecule has 0 aliphatic carbocycles. The van der Waals surface area contributed by atoms with Crippen LogP contribution in [0.4, 0.5) is 10.1 Å². The first-order chi connectivity index (χ1) is 14.0. The number of hydrogen-bond acceptors (Lipinski definition) is 4. The van der Waals surface area contributed by atoms with E-state index in [0.29, 0.717) is 11.5 Å². The van der Waals surface area contributed by atoms with Crippen molar-refractivity contribution in [2.24, 2.45) is 0 Å². The molecule has 0 aliphatic rings. The number of halogens is 1. The van der Waals surface area contributed by atoms with Gasteiger partial charge in [-0.05, 0) is 30.7 Å². The fourth-order valence-electron chi connectivity index (χ4n) is 2.80. The summed E-state index contributed by atoms with van der Waals surface area (Å²) < 4.78 is 25.1. The summed E-state index contributed by atoms with van der Waals surface area (Å²) in [4.78, 5) is 24.6. The predicted molar refractivity (Wildman–Crippen MR) is 108 cm³/mol. The summed E-state index contributed by atoms with van der Waals surface area (Å²) in [6.45, 7) is 1.65. The quantitative estimate of drug-likeness (QED) is 0.582. The molecule has 148 valence electrons. The Morgan fingerprint density at radius 1 is 0.931 bits per heavy atom. The Labute approximate surface area is 168 Å². The summed E-state index contributed by atoms with van der Waals surface area (Å²) >= 11 is 0. The van der Waals surface area contributed by atoms with E-state index in [1.807, 2.05) is 30.3 Å². The number of anilines is 1. The summed E-state index contributed by atoms with van der Waals surface area (Å²) in [5, 5.41) is 2.60. The van der Waals surface area contributed by atoms with E-state index in [4.69, 9.17) is 9.47 Å². The van der Waals surface area contributed by atoms with E-state index in [9.17, 15) is 14.0 Å². The molecular weight excluding hydrogens is 373 g/mol. The number of benzene rings is 3. The van der Waals surface area contributed by atoms with E-state index in [0.717, 1.165) is 5.56 Å². The molecule has 0 aliphatic heterocycles. The van der Waals surface area contributed by atoms with Crippen molar-refractivity contribution < 1.29 is 23.5 Å². The lowest BCUT2D eigenvalue weighted by Gasteiger charge is -2.16. The molecule has 0 fully saturated rings. The second kappa shape index (κ2) is 9.01. The lowest BCUT2D eigenvalue weighted by Crippen LogP contribution is -2.16. The van der Waals surface area contributed by atoms with E-state index < -0.39 is 11.7 Å². The first kappa shape index (κ1) is 20.1. The topological polar surface area (TPSA) is 64.6 Å². The molecule has 5 nitrogen and oxygen atoms in total. The van der Waals surface area contributed by atoms with Gasteiger partial charge in [0.05, 0.1) is 18.4 Å². The zero-order valence-electron chi connectivity index (χ0n) is 16.1. The second-order valence-corrected chi connectivity index (χ2v) is 6.31. The van der Waals surface area contributed by atoms with Gasteiger partial charge in [-0.1, -0.05) is 42.5 Å². The van der Waals surface area contributed by atoms with Gasteiger partial charge in [-0.3, -0.25) is 9.59 Å². The maximum atomic E-state index is 13.9. The molecule has 0 heterocycles. The molecule has 0 spiro atoms. The van der Waals surface area contributed by atoms with Gasteiger partial charge in [-0.2, -0.15) is 0 Å². The van der Waals surface area contributed by atoms with Crippen molar-refractivity contribution in [3.63, 3.8) is 0 Å². The van der Waals surface area contributed by atoms with Crippen molar-refractivity contribution in [1.82, 2.24) is 0 Å². The first-order valence-corrected chi connectivity index (χ1v) is 8.95. The van der Waals surface area contributed by atoms with Gasteiger partial charge < -0.3 is 14.8 Å². The molecule has 0 bridgehead atoms. The molecule has 0 atom stereocenters. The molecule has 1 N–H and O–H groups in total. The molecule has 0 radical (unpaired) electrons. The zero-order valence-corrected chi connectivity index (χ0v) is 16.1. The molecule has 6 heteroatoms. The average Bonchev–Trinajstić information content (AvgIpc) is 2.73. The Balaban J connectivity index is 1.93. The van der Waals surface area contributed by atoms with Crippen LogP contribution in [0.15, 0.2) is 66.7 Å². The van der Waals surface area contributed by atoms with Gasteiger partial charge in [0.25, 0.3) is 5.91 Å². The third kappa shape index (κ3) is 4.79. The molecule has 0 saturated carbocycles. The summed E-state index contributed by atoms with van der Waals surface area (Å²) in [7, 11) is 1.46. The molecular formula is C23H20FNO4. The van der Waals surface area contributed by atoms with Crippen LogP contribution in [0, 0.1) is 5.82 Å². The zero-order chi connectivity index (χ0) is 20.8. The third-order valence-electron chi connectivity index (χ3n) is 4.29. The van der Waals surface area contributed by atoms with E-state index in [1.165, 1.54) is 44.4 Å². The Hall–Kier alpha value is -3.67. The predicted octanol–water partition coefficient (Wildman–Crippen LogP) is 4.87. The summed E-state index contributed by atoms with van der Waals surface area (Å²) in [5.74, 6) is -0.879. The normalized spacial score (nSPS) is 10.3. The summed E-state index contributed by atoms with van der Waals surface area (Å²) in [5.41, 5.74) is 1.28. The maximum absolute atomic E-state index is 13.9. The van der Waals surface area contributed by atoms with Crippen molar-refractivity contribution >= 4 is 17.4 Å². The number of hydrogen-bond donors (Lipinski definition) is 1. The fraction of sp³-hybridized carbons (Fsp3) is 0.130. The lowest BCUT2D eigenvalue weighted by molar-refractivity contribution is 0.101. The van der Waals surface area contributed by atoms with E-state index in [2.05, 4.69) is 5.32 Å². The third-order valence-corrected chi connectivity index (χ3v) is 4.29. The van der Waals surface area contributed by atoms with E-state index in [-0.39, 0.29) is 29.2 Å². The van der Waals surface area contributed by atoms with Crippen molar-refractivity contribution in [2.45, 2.75) is 13.5 Å². The highest BCUT2D eigenvalue weighted by Gasteiger charge is 2.18. The van der Waals surface area contributed by atoms with Crippen LogP contribution in [0.1, 0.15) is 33.2 Å². The van der Waals surface area contributed by atoms with Gasteiger partial charge in [0.1, 0.15) is 12.4 Å². The van der Waals surface area contributed by atoms with E-state index >= 15 is 0 Å². The van der Waals surface area contributed by atoms with Crippen molar-refractivity contribution in [1.29, 1.82) is 0 Å². The molecule has 3 aromatic rings. The van der Waals surface area contributed by atoms with Gasteiger partial charge in [0, 0.05) is 11.6 Å². The number of carbonyl (C=O) groups is 2. The minimum atomic E-state index is -0.662. The maximum Gasteiger partial charge on any atom is 0.258 e. The largest absolute Gasteiger partial charge is 0.493 e. The smallest absolute Gasteiger partial charge is 0.258 e. The SMILES string of the molecule is COc1cc(C(C)=O)c(NC(=O)c2ccccc2F)cc1OCc1ccccc1. The number of ether oxygens (including phenoxy) is 2. The number of carbonyl (C=O) groups excluding carboxylic acids is 2. The molecule has 29 heavy (non-hydrogen) atoms. The molecule has 3 rings (SSSR count). The van der Waals surface area contributed by atoms with Crippen molar-refractivity contribution in [3.8, 4) is 11.5 Å². The minimum Gasteiger partial charge on any atom is -0.493 e. The van der Waals surface area contributed by atoms with Crippen LogP contribution in [0.3, 0.4) is 0 Å². The lowest BCUT2D eigenvalue weighted by atomic mass is 10.1. The molecule has 1 amide bonds. The van der Waals surface area contributed by atoms with Crippen LogP contribution in [-0.2, 0) is 6.61 Å². The van der Waals surface area contributed by atoms with Gasteiger partial charge in [-0.25, -0.2) is 4.39 Å². The van der Waals surface area contributed by atoms with Crippen LogP contribution in [-0.4, -0.2) is 18.8 Å². The minimum absolute atomic E-state index is 0.121. The van der Waals surface area contributed by atoms with Crippen LogP contribution < -0.4 is 14.8 Å². The standard InChI is InChI=1S/C23H20FNO4/c1-15(26)18-12-21(28-2)22(29-14-16-8-4-3-5-9-16)13-20(18)25-23(27)17-10-6-7-11-19(17)24/h3-13H,14H2,1-2H3,(H,25,27). The van der Waals surface area contributed by atoms with Crippen molar-refractivity contribution in [3.05, 3.63) is 89.2 Å². The van der Waals surface area contributed by atoms with Crippen LogP contribution in [0.2, 0.25) is 0 Å². The van der Waals surface area contributed by atoms with Gasteiger partial charge in [-0.15, -0.1) is 0 Å². The van der Waals surface area contributed by atoms with Crippen molar-refractivity contribution in [2.75, 3.05) is 12.4 Å². The molecule has 3 aromatic carbocycles. The number of Topliss-reactive ketones (excluding diaryl/α,β-unsaturated/α-hetero) is 1. The van der Waals surface area contributed by atoms with Gasteiger partial charge in [0.2, 0.25) is 0 Å². The number of nitrogens with one attached hydrogen (secondary N) is 1. The molecule has 0 aromatic heterocycles. The Morgan fingerprint density at radius 2 is 1.62 bits per heavy atom. The molecule has 0 unspecified atom stereocenters. The number of methoxy groups -OCH3 is 1. The number of amides is 1. The number of rotatable bonds is 7. The Morgan fingerprint density at radius 3 is 2.28 bits per heavy atom. The van der Waals surface area contributed by atoms with E-state index in [1.54, 1.807) is 6.07 Å². The van der Waals surface area contributed by atoms with Crippen LogP contribution in [0.5, 0.6) is 11.5 Å². The first-order valence-electron chi connectivity index (χ1n) is 8.95.